The second-order valence-corrected chi connectivity index (χ2v) is 3.13. The number of carboxylic acids is 1. The predicted molar refractivity (Wildman–Crippen MR) is 56.7 cm³/mol. The zero-order chi connectivity index (χ0) is 11.1. The highest BCUT2D eigenvalue weighted by molar-refractivity contribution is 5.75. The zero-order valence-corrected chi connectivity index (χ0v) is 8.30. The van der Waals surface area contributed by atoms with Gasteiger partial charge in [-0.05, 0) is 18.6 Å². The number of hydrogen-bond donors (Lipinski definition) is 1. The van der Waals surface area contributed by atoms with Crippen LogP contribution in [0.5, 0.6) is 0 Å². The quantitative estimate of drug-likeness (QED) is 0.719. The van der Waals surface area contributed by atoms with Crippen LogP contribution in [0.1, 0.15) is 12.8 Å². The predicted octanol–water partition coefficient (Wildman–Crippen LogP) is 1.51. The maximum atomic E-state index is 10.8. The average Bonchev–Trinajstić information content (AvgIpc) is 2.25. The summed E-state index contributed by atoms with van der Waals surface area (Å²) >= 11 is 0. The Morgan fingerprint density at radius 3 is 2.53 bits per heavy atom. The van der Waals surface area contributed by atoms with E-state index in [4.69, 9.17) is 5.11 Å². The first-order valence-corrected chi connectivity index (χ1v) is 4.73. The van der Waals surface area contributed by atoms with Gasteiger partial charge in [0.1, 0.15) is 0 Å². The van der Waals surface area contributed by atoms with Crippen molar-refractivity contribution < 1.29 is 14.7 Å². The molecule has 0 aromatic heterocycles. The molecule has 1 aromatic carbocycles. The molecule has 0 aliphatic heterocycles. The van der Waals surface area contributed by atoms with Gasteiger partial charge in [0.25, 0.3) is 0 Å². The summed E-state index contributed by atoms with van der Waals surface area (Å²) in [5, 5.41) is 8.46. The number of carboxylic acid groups (broad SMARTS) is 1. The molecule has 1 amide bonds. The van der Waals surface area contributed by atoms with Crippen molar-refractivity contribution in [2.24, 2.45) is 0 Å². The Morgan fingerprint density at radius 1 is 1.33 bits per heavy atom. The lowest BCUT2D eigenvalue weighted by Crippen LogP contribution is -2.22. The van der Waals surface area contributed by atoms with Crippen LogP contribution in [0.2, 0.25) is 0 Å². The van der Waals surface area contributed by atoms with E-state index < -0.39 is 5.97 Å². The fourth-order valence-corrected chi connectivity index (χ4v) is 1.26. The van der Waals surface area contributed by atoms with E-state index >= 15 is 0 Å². The van der Waals surface area contributed by atoms with Crippen LogP contribution < -0.4 is 4.90 Å². The maximum Gasteiger partial charge on any atom is 0.303 e. The lowest BCUT2D eigenvalue weighted by Gasteiger charge is -2.16. The van der Waals surface area contributed by atoms with E-state index in [1.165, 1.54) is 4.90 Å². The second kappa shape index (κ2) is 5.80. The Hall–Kier alpha value is -1.84. The van der Waals surface area contributed by atoms with Crippen molar-refractivity contribution in [3.8, 4) is 0 Å². The molecule has 1 N–H and O–H groups in total. The van der Waals surface area contributed by atoms with Crippen LogP contribution in [0.4, 0.5) is 5.69 Å². The number of nitrogens with zero attached hydrogens (tertiary/aromatic N) is 1. The van der Waals surface area contributed by atoms with E-state index in [1.807, 2.05) is 30.3 Å². The summed E-state index contributed by atoms with van der Waals surface area (Å²) in [5.74, 6) is -0.839. The number of carbonyl (C=O) groups excluding carboxylic acids is 1. The van der Waals surface area contributed by atoms with Crippen molar-refractivity contribution >= 4 is 18.1 Å². The third-order valence-electron chi connectivity index (χ3n) is 2.00. The van der Waals surface area contributed by atoms with Gasteiger partial charge in [-0.2, -0.15) is 0 Å². The van der Waals surface area contributed by atoms with Crippen molar-refractivity contribution in [3.63, 3.8) is 0 Å². The van der Waals surface area contributed by atoms with E-state index in [0.29, 0.717) is 13.0 Å². The van der Waals surface area contributed by atoms with E-state index in [2.05, 4.69) is 0 Å². The second-order valence-electron chi connectivity index (χ2n) is 3.13. The first-order valence-electron chi connectivity index (χ1n) is 4.73. The molecule has 4 heteroatoms. The molecular weight excluding hydrogens is 194 g/mol. The highest BCUT2D eigenvalue weighted by atomic mass is 16.4. The van der Waals surface area contributed by atoms with Gasteiger partial charge in [-0.25, -0.2) is 0 Å². The van der Waals surface area contributed by atoms with Gasteiger partial charge < -0.3 is 10.0 Å². The summed E-state index contributed by atoms with van der Waals surface area (Å²) in [7, 11) is 0. The van der Waals surface area contributed by atoms with E-state index in [9.17, 15) is 9.59 Å². The van der Waals surface area contributed by atoms with Gasteiger partial charge >= 0.3 is 5.97 Å². The van der Waals surface area contributed by atoms with Crippen molar-refractivity contribution in [3.05, 3.63) is 30.3 Å². The average molecular weight is 207 g/mol. The molecule has 0 bridgehead atoms. The number of hydrogen-bond acceptors (Lipinski definition) is 2. The fourth-order valence-electron chi connectivity index (χ4n) is 1.26. The molecule has 1 rings (SSSR count). The summed E-state index contributed by atoms with van der Waals surface area (Å²) in [6, 6.07) is 9.17. The highest BCUT2D eigenvalue weighted by Crippen LogP contribution is 2.11. The first kappa shape index (κ1) is 11.2. The molecule has 0 spiro atoms. The molecule has 0 radical (unpaired) electrons. The maximum absolute atomic E-state index is 10.8. The van der Waals surface area contributed by atoms with E-state index in [0.717, 1.165) is 12.1 Å². The number of amides is 1. The largest absolute Gasteiger partial charge is 0.481 e. The minimum atomic E-state index is -0.839. The van der Waals surface area contributed by atoms with Gasteiger partial charge in [-0.1, -0.05) is 18.2 Å². The number of aliphatic carboxylic acids is 1. The number of carbonyl (C=O) groups is 2. The van der Waals surface area contributed by atoms with Crippen LogP contribution in [0.3, 0.4) is 0 Å². The lowest BCUT2D eigenvalue weighted by atomic mass is 10.2. The SMILES string of the molecule is O=CN(CCCC(=O)O)c1ccccc1. The molecule has 80 valence electrons. The smallest absolute Gasteiger partial charge is 0.303 e. The minimum absolute atomic E-state index is 0.0805. The van der Waals surface area contributed by atoms with Gasteiger partial charge in [-0.3, -0.25) is 9.59 Å². The van der Waals surface area contributed by atoms with Crippen LogP contribution >= 0.6 is 0 Å². The Labute approximate surface area is 88.1 Å². The van der Waals surface area contributed by atoms with Crippen molar-refractivity contribution in [1.29, 1.82) is 0 Å². The highest BCUT2D eigenvalue weighted by Gasteiger charge is 2.05. The summed E-state index contributed by atoms with van der Waals surface area (Å²) < 4.78 is 0. The summed E-state index contributed by atoms with van der Waals surface area (Å²) in [5.41, 5.74) is 0.790. The monoisotopic (exact) mass is 207 g/mol. The standard InChI is InChI=1S/C11H13NO3/c13-9-12(8-4-7-11(14)15)10-5-2-1-3-6-10/h1-3,5-6,9H,4,7-8H2,(H,14,15). The van der Waals surface area contributed by atoms with Gasteiger partial charge in [0.2, 0.25) is 6.41 Å². The van der Waals surface area contributed by atoms with Crippen molar-refractivity contribution in [2.75, 3.05) is 11.4 Å². The molecule has 0 saturated heterocycles. The molecule has 1 aromatic rings. The molecule has 0 heterocycles. The van der Waals surface area contributed by atoms with Gasteiger partial charge in [0.15, 0.2) is 0 Å². The Balaban J connectivity index is 2.50. The number of rotatable bonds is 6. The number of para-hydroxylation sites is 1. The zero-order valence-electron chi connectivity index (χ0n) is 8.30. The number of anilines is 1. The van der Waals surface area contributed by atoms with Crippen LogP contribution in [0.15, 0.2) is 30.3 Å². The van der Waals surface area contributed by atoms with Gasteiger partial charge in [0.05, 0.1) is 0 Å². The third-order valence-corrected chi connectivity index (χ3v) is 2.00. The van der Waals surface area contributed by atoms with Crippen LogP contribution in [0.25, 0.3) is 0 Å². The molecule has 0 aliphatic carbocycles. The van der Waals surface area contributed by atoms with Gasteiger partial charge in [-0.15, -0.1) is 0 Å². The lowest BCUT2D eigenvalue weighted by molar-refractivity contribution is -0.137. The Kier molecular flexibility index (Phi) is 4.34. The Morgan fingerprint density at radius 2 is 2.00 bits per heavy atom. The summed E-state index contributed by atoms with van der Waals surface area (Å²) in [4.78, 5) is 22.6. The fraction of sp³-hybridized carbons (Fsp3) is 0.273. The molecule has 0 saturated carbocycles. The first-order chi connectivity index (χ1) is 7.24. The van der Waals surface area contributed by atoms with Gasteiger partial charge in [0, 0.05) is 18.7 Å². The molecule has 0 atom stereocenters. The van der Waals surface area contributed by atoms with E-state index in [-0.39, 0.29) is 6.42 Å². The van der Waals surface area contributed by atoms with Crippen molar-refractivity contribution in [2.45, 2.75) is 12.8 Å². The molecule has 15 heavy (non-hydrogen) atoms. The van der Waals surface area contributed by atoms with E-state index in [1.54, 1.807) is 0 Å². The summed E-state index contributed by atoms with van der Waals surface area (Å²) in [6.45, 7) is 0.430. The van der Waals surface area contributed by atoms with Crippen LogP contribution in [-0.4, -0.2) is 24.0 Å². The topological polar surface area (TPSA) is 57.6 Å². The molecule has 0 aliphatic rings. The van der Waals surface area contributed by atoms with Crippen molar-refractivity contribution in [1.82, 2.24) is 0 Å². The summed E-state index contributed by atoms with van der Waals surface area (Å²) in [6.07, 6.45) is 1.26. The third kappa shape index (κ3) is 3.81. The Bertz CT molecular complexity index is 324. The molecule has 0 fully saturated rings. The molecule has 4 nitrogen and oxygen atoms in total. The normalized spacial score (nSPS) is 9.60. The number of benzene rings is 1. The molecular formula is C11H13NO3. The molecule has 0 unspecified atom stereocenters. The minimum Gasteiger partial charge on any atom is -0.481 e. The van der Waals surface area contributed by atoms with Crippen LogP contribution in [-0.2, 0) is 9.59 Å². The van der Waals surface area contributed by atoms with Crippen LogP contribution in [0, 0.1) is 0 Å².